The lowest BCUT2D eigenvalue weighted by atomic mass is 9.85. The second-order valence-electron chi connectivity index (χ2n) is 13.2. The molecule has 4 aromatic rings. The number of hydrogen-bond acceptors (Lipinski definition) is 7. The first-order valence-corrected chi connectivity index (χ1v) is 15.4. The standard InChI is InChI=1S/C32H39BrN6O4/c1-31(2,3)42-29(40)37(17-21-8-7-9-21)19-26-14-23-11-10-22(12-28(23)39(26)30(41)43-32(4,5)6)18-38-20-27(35-36-38)24-13-25(33)16-34-15-24/h10-16,20-21H,7-9,17-19H2,1-6H3. The van der Waals surface area contributed by atoms with E-state index in [1.54, 1.807) is 26.5 Å². The highest BCUT2D eigenvalue weighted by atomic mass is 79.9. The Labute approximate surface area is 260 Å². The fraction of sp³-hybridized carbons (Fsp3) is 0.469. The third-order valence-electron chi connectivity index (χ3n) is 7.11. The largest absolute Gasteiger partial charge is 0.444 e. The molecule has 0 radical (unpaired) electrons. The minimum absolute atomic E-state index is 0.224. The van der Waals surface area contributed by atoms with Gasteiger partial charge in [-0.05, 0) is 100.0 Å². The van der Waals surface area contributed by atoms with Crippen molar-refractivity contribution in [2.75, 3.05) is 6.54 Å². The molecule has 0 N–H and O–H groups in total. The highest BCUT2D eigenvalue weighted by Gasteiger charge is 2.30. The molecule has 228 valence electrons. The summed E-state index contributed by atoms with van der Waals surface area (Å²) in [7, 11) is 0. The summed E-state index contributed by atoms with van der Waals surface area (Å²) in [5.41, 5.74) is 2.54. The predicted molar refractivity (Wildman–Crippen MR) is 168 cm³/mol. The van der Waals surface area contributed by atoms with Gasteiger partial charge in [0.1, 0.15) is 16.9 Å². The molecule has 0 aliphatic heterocycles. The first-order chi connectivity index (χ1) is 20.2. The van der Waals surface area contributed by atoms with E-state index in [0.717, 1.165) is 33.8 Å². The Hall–Kier alpha value is -3.73. The molecule has 1 fully saturated rings. The zero-order valence-electron chi connectivity index (χ0n) is 25.6. The quantitative estimate of drug-likeness (QED) is 0.205. The van der Waals surface area contributed by atoms with Gasteiger partial charge in [-0.3, -0.25) is 4.98 Å². The first kappa shape index (κ1) is 30.7. The van der Waals surface area contributed by atoms with E-state index in [0.29, 0.717) is 35.9 Å². The van der Waals surface area contributed by atoms with Crippen LogP contribution in [0.1, 0.15) is 72.1 Å². The number of carbonyl (C=O) groups is 2. The molecule has 1 aliphatic carbocycles. The Balaban J connectivity index is 1.48. The molecule has 0 bridgehead atoms. The maximum Gasteiger partial charge on any atom is 0.419 e. The maximum absolute atomic E-state index is 13.7. The summed E-state index contributed by atoms with van der Waals surface area (Å²) >= 11 is 3.45. The zero-order valence-corrected chi connectivity index (χ0v) is 27.2. The third kappa shape index (κ3) is 7.81. The van der Waals surface area contributed by atoms with Crippen molar-refractivity contribution < 1.29 is 19.1 Å². The number of nitrogens with zero attached hydrogens (tertiary/aromatic N) is 6. The molecule has 3 aromatic heterocycles. The van der Waals surface area contributed by atoms with E-state index in [2.05, 4.69) is 31.2 Å². The Morgan fingerprint density at radius 3 is 2.42 bits per heavy atom. The third-order valence-corrected chi connectivity index (χ3v) is 7.55. The molecular formula is C32H39BrN6O4. The smallest absolute Gasteiger partial charge is 0.419 e. The van der Waals surface area contributed by atoms with Gasteiger partial charge in [0.15, 0.2) is 0 Å². The summed E-state index contributed by atoms with van der Waals surface area (Å²) in [6.07, 6.45) is 7.78. The van der Waals surface area contributed by atoms with Crippen molar-refractivity contribution in [1.82, 2.24) is 29.4 Å². The summed E-state index contributed by atoms with van der Waals surface area (Å²) in [5.74, 6) is 0.429. The highest BCUT2D eigenvalue weighted by molar-refractivity contribution is 9.10. The predicted octanol–water partition coefficient (Wildman–Crippen LogP) is 7.43. The lowest BCUT2D eigenvalue weighted by Crippen LogP contribution is -2.41. The van der Waals surface area contributed by atoms with Crippen molar-refractivity contribution in [2.24, 2.45) is 5.92 Å². The minimum Gasteiger partial charge on any atom is -0.444 e. The SMILES string of the molecule is CC(C)(C)OC(=O)N(Cc1cc2ccc(Cn3cc(-c4cncc(Br)c4)nn3)cc2n1C(=O)OC(C)(C)C)CC1CCC1. The molecule has 0 saturated heterocycles. The Morgan fingerprint density at radius 1 is 1.02 bits per heavy atom. The molecule has 1 saturated carbocycles. The summed E-state index contributed by atoms with van der Waals surface area (Å²) in [5, 5.41) is 9.49. The normalized spacial score (nSPS) is 14.0. The molecule has 43 heavy (non-hydrogen) atoms. The van der Waals surface area contributed by atoms with Crippen molar-refractivity contribution in [1.29, 1.82) is 0 Å². The van der Waals surface area contributed by atoms with E-state index in [1.165, 1.54) is 6.42 Å². The molecule has 0 unspecified atom stereocenters. The number of carbonyl (C=O) groups excluding carboxylic acids is 2. The maximum atomic E-state index is 13.7. The molecule has 0 spiro atoms. The summed E-state index contributed by atoms with van der Waals surface area (Å²) in [6.45, 7) is 12.4. The number of benzene rings is 1. The topological polar surface area (TPSA) is 104 Å². The molecule has 3 heterocycles. The highest BCUT2D eigenvalue weighted by Crippen LogP contribution is 2.30. The second kappa shape index (κ2) is 12.1. The number of aromatic nitrogens is 5. The van der Waals surface area contributed by atoms with E-state index in [9.17, 15) is 9.59 Å². The molecule has 11 heteroatoms. The van der Waals surface area contributed by atoms with E-state index in [1.807, 2.05) is 78.1 Å². The van der Waals surface area contributed by atoms with Crippen LogP contribution in [0.4, 0.5) is 9.59 Å². The van der Waals surface area contributed by atoms with Crippen LogP contribution < -0.4 is 0 Å². The monoisotopic (exact) mass is 650 g/mol. The van der Waals surface area contributed by atoms with Gasteiger partial charge >= 0.3 is 12.2 Å². The van der Waals surface area contributed by atoms with Gasteiger partial charge in [-0.1, -0.05) is 23.8 Å². The fourth-order valence-corrected chi connectivity index (χ4v) is 5.37. The van der Waals surface area contributed by atoms with Crippen LogP contribution >= 0.6 is 15.9 Å². The van der Waals surface area contributed by atoms with Gasteiger partial charge in [0, 0.05) is 40.1 Å². The summed E-state index contributed by atoms with van der Waals surface area (Å²) in [4.78, 5) is 32.9. The lowest BCUT2D eigenvalue weighted by Gasteiger charge is -2.33. The van der Waals surface area contributed by atoms with Crippen LogP contribution in [-0.2, 0) is 22.6 Å². The van der Waals surface area contributed by atoms with Crippen molar-refractivity contribution in [3.8, 4) is 11.3 Å². The van der Waals surface area contributed by atoms with Crippen molar-refractivity contribution in [3.63, 3.8) is 0 Å². The van der Waals surface area contributed by atoms with Gasteiger partial charge in [-0.25, -0.2) is 18.8 Å². The lowest BCUT2D eigenvalue weighted by molar-refractivity contribution is 0.0163. The van der Waals surface area contributed by atoms with Gasteiger partial charge in [0.25, 0.3) is 0 Å². The Morgan fingerprint density at radius 2 is 1.77 bits per heavy atom. The zero-order chi connectivity index (χ0) is 30.9. The van der Waals surface area contributed by atoms with Crippen molar-refractivity contribution in [3.05, 3.63) is 64.7 Å². The Bertz CT molecular complexity index is 1630. The van der Waals surface area contributed by atoms with Gasteiger partial charge in [-0.2, -0.15) is 0 Å². The van der Waals surface area contributed by atoms with Crippen LogP contribution in [0.25, 0.3) is 22.2 Å². The van der Waals surface area contributed by atoms with E-state index >= 15 is 0 Å². The fourth-order valence-electron chi connectivity index (χ4n) is 5.00. The van der Waals surface area contributed by atoms with Crippen LogP contribution in [0.2, 0.25) is 0 Å². The molecular weight excluding hydrogens is 612 g/mol. The molecule has 5 rings (SSSR count). The van der Waals surface area contributed by atoms with Crippen molar-refractivity contribution in [2.45, 2.75) is 85.1 Å². The Kier molecular flexibility index (Phi) is 8.65. The van der Waals surface area contributed by atoms with Gasteiger partial charge in [0.2, 0.25) is 0 Å². The average molecular weight is 652 g/mol. The number of hydrogen-bond donors (Lipinski definition) is 0. The molecule has 1 aromatic carbocycles. The van der Waals surface area contributed by atoms with Gasteiger partial charge < -0.3 is 14.4 Å². The van der Waals surface area contributed by atoms with Gasteiger partial charge in [-0.15, -0.1) is 5.10 Å². The van der Waals surface area contributed by atoms with Crippen LogP contribution in [0, 0.1) is 5.92 Å². The molecule has 1 amide bonds. The number of amides is 1. The van der Waals surface area contributed by atoms with Gasteiger partial charge in [0.05, 0.1) is 24.8 Å². The molecule has 0 atom stereocenters. The molecule has 10 nitrogen and oxygen atoms in total. The number of halogens is 1. The second-order valence-corrected chi connectivity index (χ2v) is 14.1. The number of rotatable bonds is 7. The summed E-state index contributed by atoms with van der Waals surface area (Å²) in [6, 6.07) is 9.85. The number of ether oxygens (including phenoxy) is 2. The van der Waals surface area contributed by atoms with E-state index < -0.39 is 17.3 Å². The van der Waals surface area contributed by atoms with E-state index in [4.69, 9.17) is 9.47 Å². The number of fused-ring (bicyclic) bond motifs is 1. The number of pyridine rings is 1. The summed E-state index contributed by atoms with van der Waals surface area (Å²) < 4.78 is 15.8. The van der Waals surface area contributed by atoms with E-state index in [-0.39, 0.29) is 12.6 Å². The van der Waals surface area contributed by atoms with Crippen molar-refractivity contribution >= 4 is 39.0 Å². The molecule has 1 aliphatic rings. The minimum atomic E-state index is -0.697. The first-order valence-electron chi connectivity index (χ1n) is 14.6. The average Bonchev–Trinajstić information content (AvgIpc) is 3.47. The van der Waals surface area contributed by atoms with Crippen LogP contribution in [0.3, 0.4) is 0 Å². The van der Waals surface area contributed by atoms with Crippen LogP contribution in [0.15, 0.2) is 53.4 Å². The van der Waals surface area contributed by atoms with Crippen LogP contribution in [-0.4, -0.2) is 59.4 Å². The van der Waals surface area contributed by atoms with Crippen LogP contribution in [0.5, 0.6) is 0 Å².